The van der Waals surface area contributed by atoms with Crippen LogP contribution in [0, 0.1) is 0 Å². The van der Waals surface area contributed by atoms with E-state index in [1.165, 1.54) is 0 Å². The summed E-state index contributed by atoms with van der Waals surface area (Å²) in [4.78, 5) is 12.0. The standard InChI is InChI=1S/C18H29N3O3S.ClH/c19-12-5-13-20-18(22)11-8-16-6-9-17(10-7-16)25(23,24)21-14-3-1-2-4-15-21;/h6-7,9-10H,1-5,8,11-15,19H2,(H,20,22);1H. The zero-order chi connectivity index (χ0) is 18.1. The van der Waals surface area contributed by atoms with Crippen molar-refractivity contribution < 1.29 is 13.2 Å². The van der Waals surface area contributed by atoms with Crippen molar-refractivity contribution in [3.63, 3.8) is 0 Å². The monoisotopic (exact) mass is 403 g/mol. The average Bonchev–Trinajstić information content (AvgIpc) is 2.90. The molecule has 1 amide bonds. The van der Waals surface area contributed by atoms with Gasteiger partial charge in [-0.25, -0.2) is 8.42 Å². The van der Waals surface area contributed by atoms with Crippen molar-refractivity contribution in [1.29, 1.82) is 0 Å². The van der Waals surface area contributed by atoms with Crippen LogP contribution < -0.4 is 11.1 Å². The van der Waals surface area contributed by atoms with Gasteiger partial charge in [0, 0.05) is 26.1 Å². The molecule has 0 bridgehead atoms. The molecule has 0 aliphatic carbocycles. The molecule has 1 saturated heterocycles. The second kappa shape index (κ2) is 11.5. The number of benzene rings is 1. The summed E-state index contributed by atoms with van der Waals surface area (Å²) in [5, 5.41) is 2.82. The lowest BCUT2D eigenvalue weighted by atomic mass is 10.1. The third-order valence-electron chi connectivity index (χ3n) is 4.47. The van der Waals surface area contributed by atoms with Crippen LogP contribution in [0.3, 0.4) is 0 Å². The Morgan fingerprint density at radius 2 is 1.69 bits per heavy atom. The molecule has 6 nitrogen and oxygen atoms in total. The zero-order valence-electron chi connectivity index (χ0n) is 15.2. The van der Waals surface area contributed by atoms with Gasteiger partial charge < -0.3 is 11.1 Å². The SMILES string of the molecule is Cl.NCCCNC(=O)CCc1ccc(S(=O)(=O)N2CCCCCC2)cc1. The molecule has 1 heterocycles. The molecule has 8 heteroatoms. The van der Waals surface area contributed by atoms with Gasteiger partial charge in [0.1, 0.15) is 0 Å². The largest absolute Gasteiger partial charge is 0.356 e. The first-order valence-corrected chi connectivity index (χ1v) is 10.5. The van der Waals surface area contributed by atoms with Gasteiger partial charge in [-0.05, 0) is 49.9 Å². The molecule has 1 aliphatic rings. The third kappa shape index (κ3) is 6.87. The molecule has 3 N–H and O–H groups in total. The number of carbonyl (C=O) groups is 1. The van der Waals surface area contributed by atoms with Crippen LogP contribution in [-0.2, 0) is 21.2 Å². The van der Waals surface area contributed by atoms with Crippen molar-refractivity contribution in [2.45, 2.75) is 49.8 Å². The number of nitrogens with one attached hydrogen (secondary N) is 1. The van der Waals surface area contributed by atoms with E-state index in [4.69, 9.17) is 5.73 Å². The van der Waals surface area contributed by atoms with E-state index in [1.807, 2.05) is 0 Å². The maximum Gasteiger partial charge on any atom is 0.243 e. The Balaban J connectivity index is 0.00000338. The Bertz CT molecular complexity index is 642. The van der Waals surface area contributed by atoms with Crippen LogP contribution in [0.25, 0.3) is 0 Å². The molecular formula is C18H30ClN3O3S. The second-order valence-electron chi connectivity index (χ2n) is 6.45. The molecule has 1 aromatic carbocycles. The van der Waals surface area contributed by atoms with Gasteiger partial charge >= 0.3 is 0 Å². The van der Waals surface area contributed by atoms with Crippen LogP contribution in [0.4, 0.5) is 0 Å². The average molecular weight is 404 g/mol. The molecule has 0 unspecified atom stereocenters. The highest BCUT2D eigenvalue weighted by atomic mass is 35.5. The normalized spacial score (nSPS) is 15.7. The van der Waals surface area contributed by atoms with Gasteiger partial charge in [0.2, 0.25) is 15.9 Å². The Morgan fingerprint density at radius 3 is 2.27 bits per heavy atom. The summed E-state index contributed by atoms with van der Waals surface area (Å²) in [7, 11) is -3.41. The third-order valence-corrected chi connectivity index (χ3v) is 6.38. The lowest BCUT2D eigenvalue weighted by Gasteiger charge is -2.20. The van der Waals surface area contributed by atoms with Gasteiger partial charge in [-0.15, -0.1) is 12.4 Å². The molecule has 2 rings (SSSR count). The van der Waals surface area contributed by atoms with Crippen LogP contribution in [0.15, 0.2) is 29.2 Å². The predicted octanol–water partition coefficient (Wildman–Crippen LogP) is 2.07. The zero-order valence-corrected chi connectivity index (χ0v) is 16.8. The quantitative estimate of drug-likeness (QED) is 0.650. The highest BCUT2D eigenvalue weighted by molar-refractivity contribution is 7.89. The summed E-state index contributed by atoms with van der Waals surface area (Å²) in [6, 6.07) is 6.92. The fourth-order valence-corrected chi connectivity index (χ4v) is 4.45. The van der Waals surface area contributed by atoms with E-state index in [-0.39, 0.29) is 18.3 Å². The lowest BCUT2D eigenvalue weighted by Crippen LogP contribution is -2.31. The van der Waals surface area contributed by atoms with Gasteiger partial charge in [-0.2, -0.15) is 4.31 Å². The van der Waals surface area contributed by atoms with Gasteiger partial charge in [0.25, 0.3) is 0 Å². The summed E-state index contributed by atoms with van der Waals surface area (Å²) >= 11 is 0. The molecule has 0 atom stereocenters. The number of hydrogen-bond donors (Lipinski definition) is 2. The van der Waals surface area contributed by atoms with E-state index in [2.05, 4.69) is 5.32 Å². The smallest absolute Gasteiger partial charge is 0.243 e. The first-order chi connectivity index (χ1) is 12.0. The molecule has 148 valence electrons. The van der Waals surface area contributed by atoms with Gasteiger partial charge in [-0.1, -0.05) is 25.0 Å². The van der Waals surface area contributed by atoms with Crippen molar-refractivity contribution >= 4 is 28.3 Å². The van der Waals surface area contributed by atoms with Gasteiger partial charge in [0.05, 0.1) is 4.90 Å². The Morgan fingerprint density at radius 1 is 1.08 bits per heavy atom. The second-order valence-corrected chi connectivity index (χ2v) is 8.39. The summed E-state index contributed by atoms with van der Waals surface area (Å²) in [5.41, 5.74) is 6.35. The first kappa shape index (κ1) is 22.9. The highest BCUT2D eigenvalue weighted by Crippen LogP contribution is 2.21. The predicted molar refractivity (Wildman–Crippen MR) is 106 cm³/mol. The Kier molecular flexibility index (Phi) is 10.2. The van der Waals surface area contributed by atoms with Crippen LogP contribution in [0.1, 0.15) is 44.1 Å². The number of nitrogens with zero attached hydrogens (tertiary/aromatic N) is 1. The number of sulfonamides is 1. The topological polar surface area (TPSA) is 92.5 Å². The minimum Gasteiger partial charge on any atom is -0.356 e. The molecule has 26 heavy (non-hydrogen) atoms. The van der Waals surface area contributed by atoms with Crippen molar-refractivity contribution in [1.82, 2.24) is 9.62 Å². The summed E-state index contributed by atoms with van der Waals surface area (Å²) in [6.45, 7) is 2.37. The summed E-state index contributed by atoms with van der Waals surface area (Å²) in [5.74, 6) is -0.00489. The van der Waals surface area contributed by atoms with E-state index < -0.39 is 10.0 Å². The first-order valence-electron chi connectivity index (χ1n) is 9.10. The molecule has 0 spiro atoms. The maximum atomic E-state index is 12.7. The number of halogens is 1. The Hall–Kier alpha value is -1.15. The van der Waals surface area contributed by atoms with Crippen LogP contribution >= 0.6 is 12.4 Å². The fraction of sp³-hybridized carbons (Fsp3) is 0.611. The highest BCUT2D eigenvalue weighted by Gasteiger charge is 2.24. The fourth-order valence-electron chi connectivity index (χ4n) is 2.94. The number of hydrogen-bond acceptors (Lipinski definition) is 4. The molecule has 0 radical (unpaired) electrons. The van der Waals surface area contributed by atoms with E-state index >= 15 is 0 Å². The van der Waals surface area contributed by atoms with Crippen molar-refractivity contribution in [3.8, 4) is 0 Å². The molecule has 0 aromatic heterocycles. The van der Waals surface area contributed by atoms with E-state index in [9.17, 15) is 13.2 Å². The molecule has 0 saturated carbocycles. The van der Waals surface area contributed by atoms with Gasteiger partial charge in [-0.3, -0.25) is 4.79 Å². The lowest BCUT2D eigenvalue weighted by molar-refractivity contribution is -0.121. The summed E-state index contributed by atoms with van der Waals surface area (Å²) < 4.78 is 27.0. The number of aryl methyl sites for hydroxylation is 1. The molecular weight excluding hydrogens is 374 g/mol. The molecule has 1 aliphatic heterocycles. The van der Waals surface area contributed by atoms with Crippen LogP contribution in [0.5, 0.6) is 0 Å². The van der Waals surface area contributed by atoms with Crippen molar-refractivity contribution in [2.24, 2.45) is 5.73 Å². The number of nitrogens with two attached hydrogens (primary N) is 1. The van der Waals surface area contributed by atoms with Crippen LogP contribution in [-0.4, -0.2) is 44.8 Å². The van der Waals surface area contributed by atoms with E-state index in [0.717, 1.165) is 37.7 Å². The summed E-state index contributed by atoms with van der Waals surface area (Å²) in [6.07, 6.45) is 5.81. The van der Waals surface area contributed by atoms with Gasteiger partial charge in [0.15, 0.2) is 0 Å². The number of rotatable bonds is 8. The molecule has 1 fully saturated rings. The number of carbonyl (C=O) groups excluding carboxylic acids is 1. The van der Waals surface area contributed by atoms with Crippen molar-refractivity contribution in [2.75, 3.05) is 26.2 Å². The van der Waals surface area contributed by atoms with Crippen LogP contribution in [0.2, 0.25) is 0 Å². The molecule has 1 aromatic rings. The van der Waals surface area contributed by atoms with Crippen molar-refractivity contribution in [3.05, 3.63) is 29.8 Å². The maximum absolute atomic E-state index is 12.7. The minimum atomic E-state index is -3.41. The van der Waals surface area contributed by atoms with E-state index in [0.29, 0.717) is 43.9 Å². The minimum absolute atomic E-state index is 0. The van der Waals surface area contributed by atoms with E-state index in [1.54, 1.807) is 28.6 Å². The number of amides is 1. The Labute approximate surface area is 163 Å².